The van der Waals surface area contributed by atoms with Gasteiger partial charge in [-0.25, -0.2) is 22.2 Å². The number of fused-ring (bicyclic) bond motifs is 2. The zero-order valence-corrected chi connectivity index (χ0v) is 22.3. The molecule has 1 aromatic carbocycles. The maximum atomic E-state index is 14.3. The van der Waals surface area contributed by atoms with Gasteiger partial charge in [0, 0.05) is 30.0 Å². The smallest absolute Gasteiger partial charge is 0.276 e. The number of allylic oxidation sites excluding steroid dienone is 2. The molecule has 202 valence electrons. The summed E-state index contributed by atoms with van der Waals surface area (Å²) in [4.78, 5) is 19.4. The molecule has 5 rings (SSSR count). The van der Waals surface area contributed by atoms with Crippen LogP contribution in [-0.4, -0.2) is 54.5 Å². The van der Waals surface area contributed by atoms with Crippen LogP contribution in [0.5, 0.6) is 0 Å². The number of nitrogens with one attached hydrogen (secondary N) is 2. The predicted molar refractivity (Wildman–Crippen MR) is 137 cm³/mol. The van der Waals surface area contributed by atoms with Crippen LogP contribution in [0.1, 0.15) is 61.5 Å². The average Bonchev–Trinajstić information content (AvgIpc) is 3.46. The molecule has 1 heterocycles. The molecule has 1 aromatic heterocycles. The molecular formula is C27H30F2N4O4S. The molecule has 0 saturated heterocycles. The van der Waals surface area contributed by atoms with E-state index in [1.165, 1.54) is 18.4 Å². The molecule has 3 aliphatic rings. The number of carbonyl (C=O) groups excluding carboxylic acids is 1. The number of hydrogen-bond donors (Lipinski definition) is 2. The lowest BCUT2D eigenvalue weighted by molar-refractivity contribution is 0.0590. The van der Waals surface area contributed by atoms with E-state index >= 15 is 0 Å². The van der Waals surface area contributed by atoms with E-state index < -0.39 is 43.6 Å². The normalized spacial score (nSPS) is 25.2. The van der Waals surface area contributed by atoms with Gasteiger partial charge in [-0.1, -0.05) is 19.9 Å². The van der Waals surface area contributed by atoms with Crippen LogP contribution in [0.15, 0.2) is 40.5 Å². The van der Waals surface area contributed by atoms with Crippen molar-refractivity contribution >= 4 is 27.2 Å². The van der Waals surface area contributed by atoms with Crippen LogP contribution in [0.3, 0.4) is 0 Å². The molecular weight excluding hydrogens is 514 g/mol. The van der Waals surface area contributed by atoms with E-state index in [2.05, 4.69) is 4.98 Å². The second-order valence-corrected chi connectivity index (χ2v) is 13.4. The summed E-state index contributed by atoms with van der Waals surface area (Å²) in [7, 11) is -3.38. The fourth-order valence-corrected chi connectivity index (χ4v) is 6.84. The monoisotopic (exact) mass is 544 g/mol. The van der Waals surface area contributed by atoms with Crippen molar-refractivity contribution in [1.82, 2.24) is 9.88 Å². The highest BCUT2D eigenvalue weighted by Gasteiger charge is 2.65. The number of benzene rings is 1. The third-order valence-electron chi connectivity index (χ3n) is 8.48. The summed E-state index contributed by atoms with van der Waals surface area (Å²) in [6, 6.07) is 3.43. The van der Waals surface area contributed by atoms with Crippen LogP contribution in [0.25, 0.3) is 0 Å². The molecule has 3 fully saturated rings. The van der Waals surface area contributed by atoms with Gasteiger partial charge in [0.1, 0.15) is 23.7 Å². The van der Waals surface area contributed by atoms with Gasteiger partial charge in [-0.15, -0.1) is 0 Å². The van der Waals surface area contributed by atoms with E-state index in [-0.39, 0.29) is 47.4 Å². The lowest BCUT2D eigenvalue weighted by Crippen LogP contribution is -2.49. The van der Waals surface area contributed by atoms with Gasteiger partial charge in [-0.3, -0.25) is 4.79 Å². The molecule has 2 N–H and O–H groups in total. The van der Waals surface area contributed by atoms with Gasteiger partial charge in [0.25, 0.3) is 5.91 Å². The zero-order valence-electron chi connectivity index (χ0n) is 21.5. The van der Waals surface area contributed by atoms with Gasteiger partial charge in [-0.2, -0.15) is 0 Å². The van der Waals surface area contributed by atoms with Gasteiger partial charge in [-0.05, 0) is 60.8 Å². The second kappa shape index (κ2) is 8.93. The molecule has 3 saturated carbocycles. The average molecular weight is 545 g/mol. The number of hydrogen-bond acceptors (Lipinski definition) is 7. The quantitative estimate of drug-likeness (QED) is 0.471. The Balaban J connectivity index is 1.45. The van der Waals surface area contributed by atoms with E-state index in [1.54, 1.807) is 4.90 Å². The largest absolute Gasteiger partial charge is 0.447 e. The molecule has 2 atom stereocenters. The third kappa shape index (κ3) is 4.30. The van der Waals surface area contributed by atoms with Crippen molar-refractivity contribution in [2.45, 2.75) is 51.3 Å². The highest BCUT2D eigenvalue weighted by atomic mass is 32.2. The predicted octanol–water partition coefficient (Wildman–Crippen LogP) is 4.55. The summed E-state index contributed by atoms with van der Waals surface area (Å²) >= 11 is 0. The molecule has 0 aliphatic heterocycles. The van der Waals surface area contributed by atoms with Crippen molar-refractivity contribution in [3.05, 3.63) is 64.9 Å². The number of oxazole rings is 1. The topological polar surface area (TPSA) is 128 Å². The molecule has 0 radical (unpaired) electrons. The highest BCUT2D eigenvalue weighted by Crippen LogP contribution is 2.66. The maximum absolute atomic E-state index is 14.3. The molecule has 0 spiro atoms. The Labute approximate surface area is 220 Å². The Bertz CT molecular complexity index is 1470. The number of nitrogens with zero attached hydrogens (tertiary/aromatic N) is 2. The van der Waals surface area contributed by atoms with Gasteiger partial charge in [0.2, 0.25) is 5.89 Å². The van der Waals surface area contributed by atoms with Crippen LogP contribution in [-0.2, 0) is 15.6 Å². The first-order chi connectivity index (χ1) is 17.7. The van der Waals surface area contributed by atoms with Gasteiger partial charge in [0.05, 0.1) is 11.3 Å². The first kappa shape index (κ1) is 26.4. The summed E-state index contributed by atoms with van der Waals surface area (Å²) in [5.74, 6) is -2.60. The van der Waals surface area contributed by atoms with Crippen LogP contribution in [0, 0.1) is 39.2 Å². The van der Waals surface area contributed by atoms with E-state index in [0.717, 1.165) is 37.7 Å². The number of aromatic nitrogens is 1. The van der Waals surface area contributed by atoms with Crippen molar-refractivity contribution in [2.75, 3.05) is 12.8 Å². The Morgan fingerprint density at radius 3 is 2.50 bits per heavy atom. The minimum absolute atomic E-state index is 0.0200. The fraction of sp³-hybridized carbons (Fsp3) is 0.481. The van der Waals surface area contributed by atoms with Crippen molar-refractivity contribution in [3.8, 4) is 0 Å². The first-order valence-electron chi connectivity index (χ1n) is 12.5. The lowest BCUT2D eigenvalue weighted by Gasteiger charge is -2.41. The van der Waals surface area contributed by atoms with E-state index in [0.29, 0.717) is 12.0 Å². The fourth-order valence-electron chi connectivity index (χ4n) is 6.26. The Kier molecular flexibility index (Phi) is 6.20. The first-order valence-corrected chi connectivity index (χ1v) is 14.6. The third-order valence-corrected chi connectivity index (χ3v) is 9.26. The maximum Gasteiger partial charge on any atom is 0.276 e. The zero-order chi connectivity index (χ0) is 27.6. The van der Waals surface area contributed by atoms with Gasteiger partial charge < -0.3 is 20.1 Å². The van der Waals surface area contributed by atoms with Crippen LogP contribution >= 0.6 is 0 Å². The Morgan fingerprint density at radius 2 is 1.89 bits per heavy atom. The van der Waals surface area contributed by atoms with Gasteiger partial charge >= 0.3 is 0 Å². The number of halogens is 2. The molecule has 8 nitrogen and oxygen atoms in total. The molecule has 0 unspecified atom stereocenters. The molecule has 1 amide bonds. The molecule has 2 aromatic rings. The van der Waals surface area contributed by atoms with Crippen molar-refractivity contribution in [1.29, 1.82) is 10.8 Å². The highest BCUT2D eigenvalue weighted by molar-refractivity contribution is 7.89. The molecule has 3 aliphatic carbocycles. The number of amides is 1. The minimum atomic E-state index is -3.38. The van der Waals surface area contributed by atoms with Crippen molar-refractivity contribution in [3.63, 3.8) is 0 Å². The summed E-state index contributed by atoms with van der Waals surface area (Å²) in [6.07, 6.45) is 6.66. The van der Waals surface area contributed by atoms with Gasteiger partial charge in [0.15, 0.2) is 15.5 Å². The van der Waals surface area contributed by atoms with E-state index in [1.807, 2.05) is 13.8 Å². The standard InChI is InChI=1S/C27H30F2N4O4S/c1-26(2)17-9-10-27(26,24(31)16(17)11-20(30)23-18(28)5-4-6-19(23)29)14-33(15-7-8-15)25(34)21-12-37-22(32-21)13-38(3,35)36/h4-6,11-12,15,17,30-31H,7-10,13-14H2,1-3H3/b16-11-,30-20?,31-24?/t17-,27-/m0/s1. The SMILES string of the molecule is CC1(C)[C@H]2CC[C@]1(CN(C(=O)c1coc(CS(C)(=O)=O)n1)C1CC1)C(=N)/C2=C\C(=N)c1c(F)cccc1F. The summed E-state index contributed by atoms with van der Waals surface area (Å²) in [6.45, 7) is 4.35. The molecule has 2 bridgehead atoms. The molecule has 11 heteroatoms. The number of sulfone groups is 1. The summed E-state index contributed by atoms with van der Waals surface area (Å²) in [5.41, 5.74) is -1.01. The van der Waals surface area contributed by atoms with Crippen LogP contribution in [0.2, 0.25) is 0 Å². The number of carbonyl (C=O) groups is 1. The van der Waals surface area contributed by atoms with Crippen LogP contribution < -0.4 is 0 Å². The minimum Gasteiger partial charge on any atom is -0.447 e. The second-order valence-electron chi connectivity index (χ2n) is 11.2. The summed E-state index contributed by atoms with van der Waals surface area (Å²) < 4.78 is 57.2. The summed E-state index contributed by atoms with van der Waals surface area (Å²) in [5, 5.41) is 17.6. The Hall–Kier alpha value is -3.21. The number of rotatable bonds is 8. The molecule has 38 heavy (non-hydrogen) atoms. The van der Waals surface area contributed by atoms with E-state index in [9.17, 15) is 27.4 Å². The van der Waals surface area contributed by atoms with Crippen LogP contribution in [0.4, 0.5) is 8.78 Å². The Morgan fingerprint density at radius 1 is 1.24 bits per heavy atom. The van der Waals surface area contributed by atoms with Crippen molar-refractivity contribution in [2.24, 2.45) is 16.7 Å². The van der Waals surface area contributed by atoms with E-state index in [4.69, 9.17) is 9.83 Å². The lowest BCUT2D eigenvalue weighted by atomic mass is 9.68. The van der Waals surface area contributed by atoms with Crippen molar-refractivity contribution < 1.29 is 26.4 Å².